The predicted molar refractivity (Wildman–Crippen MR) is 86.4 cm³/mol. The molecule has 2 aromatic rings. The van der Waals surface area contributed by atoms with Gasteiger partial charge in [0.1, 0.15) is 11.3 Å². The summed E-state index contributed by atoms with van der Waals surface area (Å²) in [6, 6.07) is 6.62. The molecule has 110 valence electrons. The second-order valence-corrected chi connectivity index (χ2v) is 6.18. The van der Waals surface area contributed by atoms with Gasteiger partial charge < -0.3 is 9.73 Å². The molecule has 0 aliphatic rings. The van der Waals surface area contributed by atoms with Gasteiger partial charge in [0, 0.05) is 10.9 Å². The summed E-state index contributed by atoms with van der Waals surface area (Å²) in [4.78, 5) is 0. The lowest BCUT2D eigenvalue weighted by Gasteiger charge is -2.09. The van der Waals surface area contributed by atoms with Crippen molar-refractivity contribution in [3.63, 3.8) is 0 Å². The minimum atomic E-state index is 0.483. The molecule has 0 saturated heterocycles. The molecule has 0 spiro atoms. The van der Waals surface area contributed by atoms with Gasteiger partial charge in [0.15, 0.2) is 0 Å². The molecule has 0 saturated carbocycles. The summed E-state index contributed by atoms with van der Waals surface area (Å²) >= 11 is 0. The van der Waals surface area contributed by atoms with Crippen molar-refractivity contribution in [2.45, 2.75) is 59.4 Å². The molecule has 0 aliphatic carbocycles. The molecule has 0 amide bonds. The average Bonchev–Trinajstić information content (AvgIpc) is 2.76. The molecule has 1 aromatic carbocycles. The Morgan fingerprint density at radius 1 is 1.10 bits per heavy atom. The monoisotopic (exact) mass is 273 g/mol. The first-order chi connectivity index (χ1) is 9.54. The molecule has 2 heteroatoms. The Bertz CT molecular complexity index is 566. The zero-order valence-corrected chi connectivity index (χ0v) is 13.4. The third-order valence-corrected chi connectivity index (χ3v) is 3.78. The van der Waals surface area contributed by atoms with E-state index in [1.807, 2.05) is 0 Å². The van der Waals surface area contributed by atoms with E-state index in [9.17, 15) is 0 Å². The van der Waals surface area contributed by atoms with Gasteiger partial charge in [-0.25, -0.2) is 0 Å². The van der Waals surface area contributed by atoms with Crippen molar-refractivity contribution in [2.75, 3.05) is 6.54 Å². The molecule has 20 heavy (non-hydrogen) atoms. The van der Waals surface area contributed by atoms with Gasteiger partial charge in [0.05, 0.1) is 6.54 Å². The summed E-state index contributed by atoms with van der Waals surface area (Å²) in [5, 5.41) is 4.74. The van der Waals surface area contributed by atoms with Crippen LogP contribution in [0, 0.1) is 0 Å². The van der Waals surface area contributed by atoms with Crippen molar-refractivity contribution >= 4 is 11.0 Å². The SMILES string of the molecule is CCCNCc1oc2ccc(C(C)C)cc2c1C(C)C. The molecular weight excluding hydrogens is 246 g/mol. The van der Waals surface area contributed by atoms with Gasteiger partial charge in [-0.3, -0.25) is 0 Å². The Morgan fingerprint density at radius 2 is 1.85 bits per heavy atom. The molecule has 1 N–H and O–H groups in total. The molecule has 1 aromatic heterocycles. The van der Waals surface area contributed by atoms with Crippen LogP contribution in [-0.4, -0.2) is 6.54 Å². The number of hydrogen-bond acceptors (Lipinski definition) is 2. The van der Waals surface area contributed by atoms with Gasteiger partial charge in [-0.05, 0) is 42.5 Å². The highest BCUT2D eigenvalue weighted by atomic mass is 16.3. The van der Waals surface area contributed by atoms with Gasteiger partial charge >= 0.3 is 0 Å². The molecule has 2 nitrogen and oxygen atoms in total. The topological polar surface area (TPSA) is 25.2 Å². The minimum absolute atomic E-state index is 0.483. The van der Waals surface area contributed by atoms with Crippen LogP contribution in [-0.2, 0) is 6.54 Å². The van der Waals surface area contributed by atoms with Crippen LogP contribution < -0.4 is 5.32 Å². The van der Waals surface area contributed by atoms with E-state index in [1.165, 1.54) is 16.5 Å². The van der Waals surface area contributed by atoms with Crippen molar-refractivity contribution < 1.29 is 4.42 Å². The molecule has 0 atom stereocenters. The van der Waals surface area contributed by atoms with Crippen LogP contribution in [0.25, 0.3) is 11.0 Å². The van der Waals surface area contributed by atoms with Crippen LogP contribution >= 0.6 is 0 Å². The molecule has 1 heterocycles. The largest absolute Gasteiger partial charge is 0.459 e. The van der Waals surface area contributed by atoms with Crippen LogP contribution in [0.15, 0.2) is 22.6 Å². The van der Waals surface area contributed by atoms with E-state index < -0.39 is 0 Å². The second kappa shape index (κ2) is 6.45. The van der Waals surface area contributed by atoms with E-state index >= 15 is 0 Å². The highest BCUT2D eigenvalue weighted by Crippen LogP contribution is 2.33. The maximum Gasteiger partial charge on any atom is 0.134 e. The normalized spacial score (nSPS) is 11.9. The van der Waals surface area contributed by atoms with Crippen molar-refractivity contribution in [3.05, 3.63) is 35.1 Å². The van der Waals surface area contributed by atoms with E-state index in [4.69, 9.17) is 4.42 Å². The van der Waals surface area contributed by atoms with Crippen LogP contribution in [0.5, 0.6) is 0 Å². The molecule has 0 bridgehead atoms. The Labute approximate surface area is 122 Å². The standard InChI is InChI=1S/C18H27NO/c1-6-9-19-11-17-18(13(4)5)15-10-14(12(2)3)7-8-16(15)20-17/h7-8,10,12-13,19H,6,9,11H2,1-5H3. The smallest absolute Gasteiger partial charge is 0.134 e. The van der Waals surface area contributed by atoms with Crippen molar-refractivity contribution in [1.82, 2.24) is 5.32 Å². The average molecular weight is 273 g/mol. The number of furan rings is 1. The third-order valence-electron chi connectivity index (χ3n) is 3.78. The molecule has 0 unspecified atom stereocenters. The fraction of sp³-hybridized carbons (Fsp3) is 0.556. The maximum absolute atomic E-state index is 6.08. The highest BCUT2D eigenvalue weighted by molar-refractivity contribution is 5.83. The van der Waals surface area contributed by atoms with Gasteiger partial charge in [0.25, 0.3) is 0 Å². The fourth-order valence-electron chi connectivity index (χ4n) is 2.69. The van der Waals surface area contributed by atoms with E-state index in [0.29, 0.717) is 11.8 Å². The van der Waals surface area contributed by atoms with Crippen LogP contribution in [0.3, 0.4) is 0 Å². The summed E-state index contributed by atoms with van der Waals surface area (Å²) < 4.78 is 6.08. The van der Waals surface area contributed by atoms with Gasteiger partial charge in [-0.15, -0.1) is 0 Å². The third kappa shape index (κ3) is 3.06. The Balaban J connectivity index is 2.44. The number of hydrogen-bond donors (Lipinski definition) is 1. The summed E-state index contributed by atoms with van der Waals surface area (Å²) in [5.74, 6) is 2.14. The van der Waals surface area contributed by atoms with Gasteiger partial charge in [-0.2, -0.15) is 0 Å². The van der Waals surface area contributed by atoms with Crippen molar-refractivity contribution in [3.8, 4) is 0 Å². The summed E-state index contributed by atoms with van der Waals surface area (Å²) in [5.41, 5.74) is 3.77. The van der Waals surface area contributed by atoms with E-state index in [2.05, 4.69) is 58.1 Å². The Hall–Kier alpha value is -1.28. The molecule has 0 radical (unpaired) electrons. The molecule has 0 fully saturated rings. The van der Waals surface area contributed by atoms with E-state index in [0.717, 1.165) is 30.9 Å². The van der Waals surface area contributed by atoms with Crippen LogP contribution in [0.4, 0.5) is 0 Å². The fourth-order valence-corrected chi connectivity index (χ4v) is 2.69. The van der Waals surface area contributed by atoms with E-state index in [1.54, 1.807) is 0 Å². The summed E-state index contributed by atoms with van der Waals surface area (Å²) in [7, 11) is 0. The predicted octanol–water partition coefficient (Wildman–Crippen LogP) is 5.18. The number of nitrogens with one attached hydrogen (secondary N) is 1. The lowest BCUT2D eigenvalue weighted by Crippen LogP contribution is -2.14. The van der Waals surface area contributed by atoms with Gasteiger partial charge in [-0.1, -0.05) is 40.7 Å². The van der Waals surface area contributed by atoms with Crippen LogP contribution in [0.2, 0.25) is 0 Å². The zero-order valence-electron chi connectivity index (χ0n) is 13.4. The van der Waals surface area contributed by atoms with Gasteiger partial charge in [0.2, 0.25) is 0 Å². The highest BCUT2D eigenvalue weighted by Gasteiger charge is 2.17. The zero-order chi connectivity index (χ0) is 14.7. The summed E-state index contributed by atoms with van der Waals surface area (Å²) in [6.45, 7) is 13.0. The van der Waals surface area contributed by atoms with Crippen molar-refractivity contribution in [2.24, 2.45) is 0 Å². The number of fused-ring (bicyclic) bond motifs is 1. The first-order valence-corrected chi connectivity index (χ1v) is 7.80. The lowest BCUT2D eigenvalue weighted by molar-refractivity contribution is 0.504. The Morgan fingerprint density at radius 3 is 2.45 bits per heavy atom. The number of benzene rings is 1. The maximum atomic E-state index is 6.08. The second-order valence-electron chi connectivity index (χ2n) is 6.18. The number of rotatable bonds is 6. The van der Waals surface area contributed by atoms with E-state index in [-0.39, 0.29) is 0 Å². The van der Waals surface area contributed by atoms with Crippen molar-refractivity contribution in [1.29, 1.82) is 0 Å². The quantitative estimate of drug-likeness (QED) is 0.734. The molecular formula is C18H27NO. The summed E-state index contributed by atoms with van der Waals surface area (Å²) in [6.07, 6.45) is 1.15. The molecule has 2 rings (SSSR count). The minimum Gasteiger partial charge on any atom is -0.459 e. The first-order valence-electron chi connectivity index (χ1n) is 7.80. The lowest BCUT2D eigenvalue weighted by atomic mass is 9.95. The Kier molecular flexibility index (Phi) is 4.87. The molecule has 0 aliphatic heterocycles. The first kappa shape index (κ1) is 15.1. The van der Waals surface area contributed by atoms with Crippen LogP contribution in [0.1, 0.15) is 69.8 Å².